The largest absolute Gasteiger partial charge is 0.497 e. The number of benzene rings is 2. The Morgan fingerprint density at radius 1 is 1.00 bits per heavy atom. The predicted octanol–water partition coefficient (Wildman–Crippen LogP) is 5.30. The summed E-state index contributed by atoms with van der Waals surface area (Å²) >= 11 is 0. The highest BCUT2D eigenvalue weighted by Crippen LogP contribution is 2.34. The molecular weight excluding hydrogens is 505 g/mol. The van der Waals surface area contributed by atoms with Crippen LogP contribution in [-0.4, -0.2) is 43.4 Å². The maximum absolute atomic E-state index is 13.4. The lowest BCUT2D eigenvalue weighted by molar-refractivity contribution is 0.356. The van der Waals surface area contributed by atoms with Crippen LogP contribution in [0.4, 0.5) is 10.2 Å². The summed E-state index contributed by atoms with van der Waals surface area (Å²) in [5, 5.41) is 8.16. The molecular formula is C28H32FN5O3S. The molecule has 0 saturated heterocycles. The average Bonchev–Trinajstić information content (AvgIpc) is 3.35. The molecule has 4 rings (SSSR count). The van der Waals surface area contributed by atoms with Gasteiger partial charge in [-0.15, -0.1) is 0 Å². The van der Waals surface area contributed by atoms with Crippen LogP contribution < -0.4 is 14.8 Å². The minimum Gasteiger partial charge on any atom is -0.497 e. The molecule has 4 aromatic rings. The van der Waals surface area contributed by atoms with E-state index in [4.69, 9.17) is 9.84 Å². The van der Waals surface area contributed by atoms with Crippen LogP contribution >= 0.6 is 0 Å². The first-order chi connectivity index (χ1) is 18.1. The number of nitrogens with one attached hydrogen (secondary N) is 2. The van der Waals surface area contributed by atoms with Crippen LogP contribution in [0.3, 0.4) is 0 Å². The van der Waals surface area contributed by atoms with E-state index in [-0.39, 0.29) is 17.0 Å². The number of ether oxygens (including phenoxy) is 1. The van der Waals surface area contributed by atoms with E-state index in [1.54, 1.807) is 13.3 Å². The molecule has 8 nitrogen and oxygen atoms in total. The predicted molar refractivity (Wildman–Crippen MR) is 147 cm³/mol. The quantitative estimate of drug-likeness (QED) is 0.267. The number of hydrogen-bond donors (Lipinski definition) is 2. The third-order valence-corrected chi connectivity index (χ3v) is 7.33. The van der Waals surface area contributed by atoms with Gasteiger partial charge in [0.15, 0.2) is 0 Å². The summed E-state index contributed by atoms with van der Waals surface area (Å²) in [4.78, 5) is 4.32. The van der Waals surface area contributed by atoms with Gasteiger partial charge in [0.05, 0.1) is 17.5 Å². The molecule has 2 aromatic carbocycles. The Balaban J connectivity index is 1.47. The van der Waals surface area contributed by atoms with Crippen LogP contribution in [0.25, 0.3) is 22.4 Å². The van der Waals surface area contributed by atoms with E-state index in [1.807, 2.05) is 47.3 Å². The monoisotopic (exact) mass is 537 g/mol. The fraction of sp³-hybridized carbons (Fsp3) is 0.286. The van der Waals surface area contributed by atoms with E-state index >= 15 is 0 Å². The van der Waals surface area contributed by atoms with E-state index in [1.165, 1.54) is 18.2 Å². The molecule has 2 aromatic heterocycles. The second-order valence-corrected chi connectivity index (χ2v) is 11.6. The fourth-order valence-electron chi connectivity index (χ4n) is 3.84. The zero-order valence-corrected chi connectivity index (χ0v) is 22.7. The summed E-state index contributed by atoms with van der Waals surface area (Å²) in [6, 6.07) is 16.6. The van der Waals surface area contributed by atoms with Gasteiger partial charge < -0.3 is 10.1 Å². The van der Waals surface area contributed by atoms with Crippen molar-refractivity contribution >= 4 is 15.8 Å². The Kier molecular flexibility index (Phi) is 8.13. The molecule has 38 heavy (non-hydrogen) atoms. The summed E-state index contributed by atoms with van der Waals surface area (Å²) in [6.45, 7) is 6.99. The number of anilines is 1. The van der Waals surface area contributed by atoms with Crippen LogP contribution in [0.5, 0.6) is 5.75 Å². The van der Waals surface area contributed by atoms with Crippen molar-refractivity contribution in [2.45, 2.75) is 37.6 Å². The zero-order valence-electron chi connectivity index (χ0n) is 21.9. The summed E-state index contributed by atoms with van der Waals surface area (Å²) in [5.74, 6) is 0.822. The number of aromatic nitrogens is 3. The van der Waals surface area contributed by atoms with E-state index in [0.29, 0.717) is 18.8 Å². The zero-order chi connectivity index (χ0) is 27.3. The fourth-order valence-corrected chi connectivity index (χ4v) is 4.94. The molecule has 0 bridgehead atoms. The number of pyridine rings is 1. The van der Waals surface area contributed by atoms with Crippen molar-refractivity contribution in [2.24, 2.45) is 0 Å². The summed E-state index contributed by atoms with van der Waals surface area (Å²) in [5.41, 5.74) is 3.48. The number of rotatable bonds is 10. The van der Waals surface area contributed by atoms with Gasteiger partial charge in [0.25, 0.3) is 0 Å². The van der Waals surface area contributed by atoms with Gasteiger partial charge in [-0.1, -0.05) is 18.2 Å². The highest BCUT2D eigenvalue weighted by atomic mass is 32.2. The first kappa shape index (κ1) is 27.3. The number of sulfonamides is 1. The maximum atomic E-state index is 13.4. The van der Waals surface area contributed by atoms with Crippen molar-refractivity contribution < 1.29 is 17.5 Å². The highest BCUT2D eigenvalue weighted by molar-refractivity contribution is 7.89. The Bertz CT molecular complexity index is 1510. The molecule has 0 saturated carbocycles. The number of hydrogen-bond acceptors (Lipinski definition) is 6. The normalized spacial score (nSPS) is 11.9. The smallest absolute Gasteiger partial charge is 0.240 e. The molecule has 0 aliphatic carbocycles. The lowest BCUT2D eigenvalue weighted by Gasteiger charge is -2.18. The molecule has 0 spiro atoms. The van der Waals surface area contributed by atoms with E-state index < -0.39 is 15.8 Å². The highest BCUT2D eigenvalue weighted by Gasteiger charge is 2.21. The molecule has 0 aliphatic heterocycles. The Hall–Kier alpha value is -3.76. The SMILES string of the molecule is COc1cccc(-c2nn(C(C)(C)C)cc2-c2ccnc(NCCCNS(=O)(=O)c3cccc(F)c3)c2)c1. The molecule has 10 heteroatoms. The molecule has 0 fully saturated rings. The maximum Gasteiger partial charge on any atom is 0.240 e. The number of halogens is 1. The lowest BCUT2D eigenvalue weighted by atomic mass is 10.0. The van der Waals surface area contributed by atoms with Gasteiger partial charge >= 0.3 is 0 Å². The van der Waals surface area contributed by atoms with Gasteiger partial charge in [-0.25, -0.2) is 22.5 Å². The van der Waals surface area contributed by atoms with Crippen LogP contribution in [0.15, 0.2) is 78.0 Å². The molecule has 0 unspecified atom stereocenters. The van der Waals surface area contributed by atoms with Gasteiger partial charge in [0, 0.05) is 36.6 Å². The lowest BCUT2D eigenvalue weighted by Crippen LogP contribution is -2.26. The Morgan fingerprint density at radius 3 is 2.53 bits per heavy atom. The average molecular weight is 538 g/mol. The molecule has 2 N–H and O–H groups in total. The first-order valence-electron chi connectivity index (χ1n) is 12.3. The van der Waals surface area contributed by atoms with Crippen molar-refractivity contribution in [3.05, 3.63) is 78.9 Å². The van der Waals surface area contributed by atoms with E-state index in [9.17, 15) is 12.8 Å². The third-order valence-electron chi connectivity index (χ3n) is 5.87. The minimum absolute atomic E-state index is 0.0949. The first-order valence-corrected chi connectivity index (χ1v) is 13.8. The van der Waals surface area contributed by atoms with Gasteiger partial charge in [-0.05, 0) is 75.2 Å². The topological polar surface area (TPSA) is 98.1 Å². The second-order valence-electron chi connectivity index (χ2n) is 9.80. The second kappa shape index (κ2) is 11.3. The van der Waals surface area contributed by atoms with Crippen molar-refractivity contribution in [2.75, 3.05) is 25.5 Å². The van der Waals surface area contributed by atoms with Crippen molar-refractivity contribution in [1.29, 1.82) is 0 Å². The van der Waals surface area contributed by atoms with E-state index in [2.05, 4.69) is 35.8 Å². The van der Waals surface area contributed by atoms with Gasteiger partial charge in [0.2, 0.25) is 10.0 Å². The molecule has 200 valence electrons. The molecule has 0 radical (unpaired) electrons. The molecule has 0 amide bonds. The van der Waals surface area contributed by atoms with Gasteiger partial charge in [-0.3, -0.25) is 4.68 Å². The van der Waals surface area contributed by atoms with Crippen LogP contribution in [0, 0.1) is 5.82 Å². The summed E-state index contributed by atoms with van der Waals surface area (Å²) < 4.78 is 48.0. The van der Waals surface area contributed by atoms with Crippen molar-refractivity contribution in [1.82, 2.24) is 19.5 Å². The molecule has 0 atom stereocenters. The number of nitrogens with zero attached hydrogens (tertiary/aromatic N) is 3. The van der Waals surface area contributed by atoms with Gasteiger partial charge in [0.1, 0.15) is 23.1 Å². The standard InChI is InChI=1S/C28H32FN5O3S/c1-28(2,3)34-19-25(27(33-34)21-8-5-10-23(16-21)37-4)20-12-15-31-26(17-20)30-13-7-14-32-38(35,36)24-11-6-9-22(29)18-24/h5-6,8-12,15-19,32H,7,13-14H2,1-4H3,(H,30,31). The van der Waals surface area contributed by atoms with Crippen LogP contribution in [-0.2, 0) is 15.6 Å². The van der Waals surface area contributed by atoms with Crippen LogP contribution in [0.1, 0.15) is 27.2 Å². The molecule has 0 aliphatic rings. The van der Waals surface area contributed by atoms with Crippen LogP contribution in [0.2, 0.25) is 0 Å². The van der Waals surface area contributed by atoms with Crippen molar-refractivity contribution in [3.8, 4) is 28.1 Å². The summed E-state index contributed by atoms with van der Waals surface area (Å²) in [6.07, 6.45) is 4.28. The minimum atomic E-state index is -3.77. The third kappa shape index (κ3) is 6.56. The molecule has 2 heterocycles. The Labute approximate surface area is 222 Å². The Morgan fingerprint density at radius 2 is 1.79 bits per heavy atom. The number of methoxy groups -OCH3 is 1. The van der Waals surface area contributed by atoms with Crippen molar-refractivity contribution in [3.63, 3.8) is 0 Å². The summed E-state index contributed by atoms with van der Waals surface area (Å²) in [7, 11) is -2.13. The van der Waals surface area contributed by atoms with E-state index in [0.717, 1.165) is 34.2 Å². The van der Waals surface area contributed by atoms with Gasteiger partial charge in [-0.2, -0.15) is 5.10 Å².